The van der Waals surface area contributed by atoms with Crippen molar-refractivity contribution in [2.45, 2.75) is 19.4 Å². The average molecular weight is 368 g/mol. The number of ether oxygens (including phenoxy) is 1. The van der Waals surface area contributed by atoms with Crippen molar-refractivity contribution in [1.82, 2.24) is 0 Å². The third-order valence-corrected chi connectivity index (χ3v) is 3.27. The van der Waals surface area contributed by atoms with Crippen LogP contribution in [0.25, 0.3) is 0 Å². The number of hydrogen-bond acceptors (Lipinski definition) is 4. The van der Waals surface area contributed by atoms with Crippen LogP contribution in [0.2, 0.25) is 0 Å². The third-order valence-electron chi connectivity index (χ3n) is 2.06. The Kier molecular flexibility index (Phi) is 5.42. The second-order valence-corrected chi connectivity index (χ2v) is 5.09. The summed E-state index contributed by atoms with van der Waals surface area (Å²) in [5.41, 5.74) is 0.710. The van der Waals surface area contributed by atoms with Crippen molar-refractivity contribution in [2.75, 3.05) is 6.61 Å². The van der Waals surface area contributed by atoms with Crippen molar-refractivity contribution in [1.29, 1.82) is 0 Å². The quantitative estimate of drug-likeness (QED) is 0.802. The number of phenolic OH excluding ortho intramolecular Hbond substituents is 1. The zero-order chi connectivity index (χ0) is 13.0. The molecule has 4 nitrogen and oxygen atoms in total. The van der Waals surface area contributed by atoms with Crippen molar-refractivity contribution < 1.29 is 19.7 Å². The van der Waals surface area contributed by atoms with Gasteiger partial charge < -0.3 is 14.9 Å². The van der Waals surface area contributed by atoms with Gasteiger partial charge in [0.05, 0.1) is 15.6 Å². The Morgan fingerprint density at radius 1 is 1.41 bits per heavy atom. The van der Waals surface area contributed by atoms with E-state index < -0.39 is 12.1 Å². The van der Waals surface area contributed by atoms with Gasteiger partial charge in [-0.05, 0) is 56.5 Å². The number of aromatic hydroxyl groups is 1. The number of aliphatic hydroxyl groups excluding tert-OH is 1. The molecule has 0 aromatic heterocycles. The predicted molar refractivity (Wildman–Crippen MR) is 69.9 cm³/mol. The molecule has 6 heteroatoms. The summed E-state index contributed by atoms with van der Waals surface area (Å²) >= 11 is 6.35. The van der Waals surface area contributed by atoms with E-state index in [9.17, 15) is 15.0 Å². The fourth-order valence-corrected chi connectivity index (χ4v) is 2.56. The predicted octanol–water partition coefficient (Wildman–Crippen LogP) is 2.38. The SMILES string of the molecule is CCOC(=O)C(O)Cc1cc(Br)c(O)c(Br)c1. The van der Waals surface area contributed by atoms with Crippen LogP contribution in [0.1, 0.15) is 12.5 Å². The summed E-state index contributed by atoms with van der Waals surface area (Å²) in [6, 6.07) is 3.28. The molecule has 0 saturated carbocycles. The topological polar surface area (TPSA) is 66.8 Å². The maximum Gasteiger partial charge on any atom is 0.335 e. The third kappa shape index (κ3) is 3.97. The van der Waals surface area contributed by atoms with E-state index in [0.29, 0.717) is 14.5 Å². The molecular weight excluding hydrogens is 356 g/mol. The highest BCUT2D eigenvalue weighted by atomic mass is 79.9. The molecule has 94 valence electrons. The molecule has 1 aromatic rings. The molecule has 0 heterocycles. The molecule has 1 atom stereocenters. The number of esters is 1. The Morgan fingerprint density at radius 2 is 1.94 bits per heavy atom. The number of hydrogen-bond donors (Lipinski definition) is 2. The van der Waals surface area contributed by atoms with Crippen molar-refractivity contribution in [3.63, 3.8) is 0 Å². The van der Waals surface area contributed by atoms with E-state index in [-0.39, 0.29) is 18.8 Å². The fourth-order valence-electron chi connectivity index (χ4n) is 1.28. The van der Waals surface area contributed by atoms with E-state index in [4.69, 9.17) is 4.74 Å². The molecule has 0 saturated heterocycles. The van der Waals surface area contributed by atoms with Gasteiger partial charge in [-0.25, -0.2) is 4.79 Å². The largest absolute Gasteiger partial charge is 0.506 e. The smallest absolute Gasteiger partial charge is 0.335 e. The summed E-state index contributed by atoms with van der Waals surface area (Å²) in [5.74, 6) is -0.563. The van der Waals surface area contributed by atoms with Gasteiger partial charge in [0.25, 0.3) is 0 Å². The minimum atomic E-state index is -1.20. The molecule has 0 bridgehead atoms. The van der Waals surface area contributed by atoms with Crippen molar-refractivity contribution in [2.24, 2.45) is 0 Å². The van der Waals surface area contributed by atoms with Crippen LogP contribution in [-0.2, 0) is 16.0 Å². The van der Waals surface area contributed by atoms with Gasteiger partial charge in [0.15, 0.2) is 6.10 Å². The molecule has 17 heavy (non-hydrogen) atoms. The minimum Gasteiger partial charge on any atom is -0.506 e. The van der Waals surface area contributed by atoms with E-state index in [0.717, 1.165) is 0 Å². The van der Waals surface area contributed by atoms with Crippen LogP contribution in [-0.4, -0.2) is 28.9 Å². The zero-order valence-electron chi connectivity index (χ0n) is 9.11. The lowest BCUT2D eigenvalue weighted by Gasteiger charge is -2.11. The Balaban J connectivity index is 2.78. The number of carbonyl (C=O) groups excluding carboxylic acids is 1. The van der Waals surface area contributed by atoms with Gasteiger partial charge in [-0.3, -0.25) is 0 Å². The lowest BCUT2D eigenvalue weighted by molar-refractivity contribution is -0.152. The normalized spacial score (nSPS) is 12.2. The lowest BCUT2D eigenvalue weighted by Crippen LogP contribution is -2.25. The molecule has 0 fully saturated rings. The van der Waals surface area contributed by atoms with Crippen molar-refractivity contribution in [3.05, 3.63) is 26.6 Å². The van der Waals surface area contributed by atoms with Crippen LogP contribution in [0.4, 0.5) is 0 Å². The highest BCUT2D eigenvalue weighted by molar-refractivity contribution is 9.11. The van der Waals surface area contributed by atoms with Crippen LogP contribution in [0.3, 0.4) is 0 Å². The van der Waals surface area contributed by atoms with E-state index in [1.54, 1.807) is 19.1 Å². The van der Waals surface area contributed by atoms with Gasteiger partial charge in [0.1, 0.15) is 5.75 Å². The average Bonchev–Trinajstić information content (AvgIpc) is 2.26. The number of benzene rings is 1. The Hall–Kier alpha value is -0.590. The van der Waals surface area contributed by atoms with Crippen LogP contribution in [0.5, 0.6) is 5.75 Å². The summed E-state index contributed by atoms with van der Waals surface area (Å²) in [6.45, 7) is 1.91. The summed E-state index contributed by atoms with van der Waals surface area (Å²) in [5, 5.41) is 19.1. The highest BCUT2D eigenvalue weighted by Gasteiger charge is 2.17. The molecule has 0 amide bonds. The Labute approximate surface area is 116 Å². The van der Waals surface area contributed by atoms with Crippen LogP contribution >= 0.6 is 31.9 Å². The van der Waals surface area contributed by atoms with Crippen molar-refractivity contribution >= 4 is 37.8 Å². The monoisotopic (exact) mass is 366 g/mol. The first-order chi connectivity index (χ1) is 7.95. The first-order valence-corrected chi connectivity index (χ1v) is 6.55. The summed E-state index contributed by atoms with van der Waals surface area (Å²) in [6.07, 6.45) is -1.06. The van der Waals surface area contributed by atoms with Crippen molar-refractivity contribution in [3.8, 4) is 5.75 Å². The molecule has 2 N–H and O–H groups in total. The molecule has 0 radical (unpaired) electrons. The lowest BCUT2D eigenvalue weighted by atomic mass is 10.1. The fraction of sp³-hybridized carbons (Fsp3) is 0.364. The first kappa shape index (κ1) is 14.5. The molecule has 0 aliphatic heterocycles. The maximum absolute atomic E-state index is 11.2. The zero-order valence-corrected chi connectivity index (χ0v) is 12.3. The van der Waals surface area contributed by atoms with Crippen LogP contribution in [0.15, 0.2) is 21.1 Å². The number of rotatable bonds is 4. The minimum absolute atomic E-state index is 0.0828. The molecule has 0 aliphatic rings. The number of aliphatic hydroxyl groups is 1. The number of phenols is 1. The van der Waals surface area contributed by atoms with Gasteiger partial charge in [0.2, 0.25) is 0 Å². The Bertz CT molecular complexity index is 397. The second kappa shape index (κ2) is 6.37. The summed E-state index contributed by atoms with van der Waals surface area (Å²) in [7, 11) is 0. The van der Waals surface area contributed by atoms with E-state index in [1.807, 2.05) is 0 Å². The molecule has 0 spiro atoms. The van der Waals surface area contributed by atoms with Crippen LogP contribution < -0.4 is 0 Å². The van der Waals surface area contributed by atoms with Gasteiger partial charge in [0, 0.05) is 6.42 Å². The first-order valence-electron chi connectivity index (χ1n) is 4.97. The second-order valence-electron chi connectivity index (χ2n) is 3.38. The molecular formula is C11H12Br2O4. The molecule has 0 aliphatic carbocycles. The van der Waals surface area contributed by atoms with Gasteiger partial charge in [-0.1, -0.05) is 0 Å². The highest BCUT2D eigenvalue weighted by Crippen LogP contribution is 2.33. The van der Waals surface area contributed by atoms with Crippen LogP contribution in [0, 0.1) is 0 Å². The maximum atomic E-state index is 11.2. The number of halogens is 2. The van der Waals surface area contributed by atoms with E-state index in [1.165, 1.54) is 0 Å². The Morgan fingerprint density at radius 3 is 2.41 bits per heavy atom. The van der Waals surface area contributed by atoms with Gasteiger partial charge in [-0.2, -0.15) is 0 Å². The van der Waals surface area contributed by atoms with E-state index in [2.05, 4.69) is 31.9 Å². The number of carbonyl (C=O) groups is 1. The molecule has 1 aromatic carbocycles. The van der Waals surface area contributed by atoms with E-state index >= 15 is 0 Å². The summed E-state index contributed by atoms with van der Waals surface area (Å²) in [4.78, 5) is 11.2. The molecule has 1 rings (SSSR count). The van der Waals surface area contributed by atoms with Gasteiger partial charge in [-0.15, -0.1) is 0 Å². The summed E-state index contributed by atoms with van der Waals surface area (Å²) < 4.78 is 5.69. The van der Waals surface area contributed by atoms with Gasteiger partial charge >= 0.3 is 5.97 Å². The molecule has 1 unspecified atom stereocenters. The standard InChI is InChI=1S/C11H12Br2O4/c1-2-17-11(16)9(14)5-6-3-7(12)10(15)8(13)4-6/h3-4,9,14-15H,2,5H2,1H3.